The number of rotatable bonds is 8. The van der Waals surface area contributed by atoms with Crippen molar-refractivity contribution >= 4 is 5.91 Å². The number of aryl methyl sites for hydroxylation is 2. The van der Waals surface area contributed by atoms with Crippen LogP contribution in [0.25, 0.3) is 0 Å². The van der Waals surface area contributed by atoms with E-state index in [1.165, 1.54) is 19.2 Å². The van der Waals surface area contributed by atoms with Crippen molar-refractivity contribution in [2.24, 2.45) is 7.05 Å². The molecule has 4 rings (SSSR count). The summed E-state index contributed by atoms with van der Waals surface area (Å²) < 4.78 is 12.8. The third kappa shape index (κ3) is 5.10. The van der Waals surface area contributed by atoms with E-state index in [0.29, 0.717) is 17.1 Å². The molecule has 9 nitrogen and oxygen atoms in total. The number of phenols is 1. The van der Waals surface area contributed by atoms with Crippen LogP contribution in [0.15, 0.2) is 76.2 Å². The maximum absolute atomic E-state index is 13.5. The number of imidazole rings is 1. The lowest BCUT2D eigenvalue weighted by molar-refractivity contribution is -0.122. The van der Waals surface area contributed by atoms with E-state index < -0.39 is 23.1 Å². The van der Waals surface area contributed by atoms with Gasteiger partial charge in [0.2, 0.25) is 17.1 Å². The molecule has 0 spiro atoms. The number of ether oxygens (including phenoxy) is 1. The summed E-state index contributed by atoms with van der Waals surface area (Å²) in [4.78, 5) is 30.2. The molecule has 0 saturated heterocycles. The number of aromatic nitrogens is 2. The molecule has 2 aromatic heterocycles. The number of phenolic OH excluding ortho intramolecular Hbond substituents is 1. The molecular weight excluding hydrogens is 462 g/mol. The Balaban J connectivity index is 1.73. The van der Waals surface area contributed by atoms with Crippen molar-refractivity contribution < 1.29 is 24.2 Å². The molecule has 0 fully saturated rings. The highest BCUT2D eigenvalue weighted by atomic mass is 16.5. The zero-order valence-electron chi connectivity index (χ0n) is 20.1. The monoisotopic (exact) mass is 489 g/mol. The second kappa shape index (κ2) is 10.4. The van der Waals surface area contributed by atoms with E-state index in [1.807, 2.05) is 41.9 Å². The highest BCUT2D eigenvalue weighted by Gasteiger charge is 2.29. The standard InChI is InChI=1S/C27H27N3O6/c1-16-13-21(32)25(34)26(36-16)19(18-9-10-20(31)22(14-18)35-3)15-23(33)29-24(17-7-5-4-6-8-17)27-28-11-12-30(27)2/h4-14,19,24,31,34H,15H2,1-3H3,(H,29,33)/t19-,24-/m1/s1. The Morgan fingerprint density at radius 3 is 2.56 bits per heavy atom. The Kier molecular flexibility index (Phi) is 7.10. The molecule has 1 amide bonds. The van der Waals surface area contributed by atoms with Crippen LogP contribution >= 0.6 is 0 Å². The van der Waals surface area contributed by atoms with Crippen LogP contribution in [-0.2, 0) is 11.8 Å². The largest absolute Gasteiger partial charge is 0.504 e. The Morgan fingerprint density at radius 2 is 1.89 bits per heavy atom. The zero-order chi connectivity index (χ0) is 25.8. The van der Waals surface area contributed by atoms with E-state index in [0.717, 1.165) is 5.56 Å². The highest BCUT2D eigenvalue weighted by Crippen LogP contribution is 2.37. The van der Waals surface area contributed by atoms with Crippen molar-refractivity contribution in [3.05, 3.63) is 106 Å². The molecule has 186 valence electrons. The first-order valence-corrected chi connectivity index (χ1v) is 11.3. The van der Waals surface area contributed by atoms with Gasteiger partial charge in [0.05, 0.1) is 13.0 Å². The third-order valence-corrected chi connectivity index (χ3v) is 5.94. The first-order chi connectivity index (χ1) is 17.3. The van der Waals surface area contributed by atoms with Crippen LogP contribution in [0.5, 0.6) is 17.2 Å². The van der Waals surface area contributed by atoms with E-state index >= 15 is 0 Å². The lowest BCUT2D eigenvalue weighted by atomic mass is 9.91. The zero-order valence-corrected chi connectivity index (χ0v) is 20.1. The summed E-state index contributed by atoms with van der Waals surface area (Å²) in [7, 11) is 3.25. The predicted molar refractivity (Wildman–Crippen MR) is 132 cm³/mol. The number of hydrogen-bond donors (Lipinski definition) is 3. The molecule has 2 aromatic carbocycles. The van der Waals surface area contributed by atoms with E-state index in [-0.39, 0.29) is 29.6 Å². The molecule has 4 aromatic rings. The fraction of sp³-hybridized carbons (Fsp3) is 0.222. The van der Waals surface area contributed by atoms with Crippen molar-refractivity contribution in [3.8, 4) is 17.2 Å². The van der Waals surface area contributed by atoms with Crippen LogP contribution < -0.4 is 15.5 Å². The minimum atomic E-state index is -0.843. The number of nitrogens with zero attached hydrogens (tertiary/aromatic N) is 2. The van der Waals surface area contributed by atoms with Crippen molar-refractivity contribution in [1.29, 1.82) is 0 Å². The quantitative estimate of drug-likeness (QED) is 0.346. The number of benzene rings is 2. The number of amides is 1. The molecule has 9 heteroatoms. The van der Waals surface area contributed by atoms with Crippen LogP contribution in [0.2, 0.25) is 0 Å². The lowest BCUT2D eigenvalue weighted by Gasteiger charge is -2.22. The van der Waals surface area contributed by atoms with Crippen molar-refractivity contribution in [2.45, 2.75) is 25.3 Å². The smallest absolute Gasteiger partial charge is 0.227 e. The summed E-state index contributed by atoms with van der Waals surface area (Å²) in [6.45, 7) is 1.59. The molecule has 0 aliphatic heterocycles. The first kappa shape index (κ1) is 24.6. The van der Waals surface area contributed by atoms with Gasteiger partial charge in [-0.3, -0.25) is 9.59 Å². The van der Waals surface area contributed by atoms with Crippen LogP contribution in [0, 0.1) is 6.92 Å². The van der Waals surface area contributed by atoms with Crippen LogP contribution in [0.1, 0.15) is 46.9 Å². The van der Waals surface area contributed by atoms with Gasteiger partial charge in [-0.15, -0.1) is 0 Å². The minimum Gasteiger partial charge on any atom is -0.504 e. The normalized spacial score (nSPS) is 12.6. The van der Waals surface area contributed by atoms with Crippen molar-refractivity contribution in [2.75, 3.05) is 7.11 Å². The summed E-state index contributed by atoms with van der Waals surface area (Å²) in [6.07, 6.45) is 3.28. The number of hydrogen-bond acceptors (Lipinski definition) is 7. The molecule has 0 saturated carbocycles. The average Bonchev–Trinajstić information content (AvgIpc) is 3.29. The van der Waals surface area contributed by atoms with Gasteiger partial charge in [0.15, 0.2) is 17.3 Å². The van der Waals surface area contributed by atoms with Gasteiger partial charge in [0, 0.05) is 31.9 Å². The minimum absolute atomic E-state index is 0.0452. The summed E-state index contributed by atoms with van der Waals surface area (Å²) >= 11 is 0. The molecule has 36 heavy (non-hydrogen) atoms. The predicted octanol–water partition coefficient (Wildman–Crippen LogP) is 3.53. The molecule has 2 heterocycles. The summed E-state index contributed by atoms with van der Waals surface area (Å²) in [5.74, 6) is -0.801. The number of methoxy groups -OCH3 is 1. The van der Waals surface area contributed by atoms with Gasteiger partial charge in [-0.25, -0.2) is 4.98 Å². The fourth-order valence-electron chi connectivity index (χ4n) is 4.14. The Bertz CT molecular complexity index is 1430. The number of carbonyl (C=O) groups excluding carboxylic acids is 1. The SMILES string of the molecule is COc1cc([C@@H](CC(=O)N[C@H](c2ccccc2)c2nccn2C)c2oc(C)cc(=O)c2O)ccc1O. The van der Waals surface area contributed by atoms with Gasteiger partial charge in [0.25, 0.3) is 0 Å². The molecular formula is C27H27N3O6. The van der Waals surface area contributed by atoms with Gasteiger partial charge >= 0.3 is 0 Å². The Morgan fingerprint density at radius 1 is 1.14 bits per heavy atom. The van der Waals surface area contributed by atoms with E-state index in [1.54, 1.807) is 31.5 Å². The molecule has 0 bridgehead atoms. The second-order valence-electron chi connectivity index (χ2n) is 8.43. The van der Waals surface area contributed by atoms with Crippen molar-refractivity contribution in [1.82, 2.24) is 14.9 Å². The molecule has 2 atom stereocenters. The van der Waals surface area contributed by atoms with Gasteiger partial charge in [-0.1, -0.05) is 36.4 Å². The summed E-state index contributed by atoms with van der Waals surface area (Å²) in [5.41, 5.74) is 0.741. The maximum atomic E-state index is 13.5. The van der Waals surface area contributed by atoms with Crippen LogP contribution in [0.3, 0.4) is 0 Å². The number of aromatic hydroxyl groups is 2. The number of carbonyl (C=O) groups is 1. The Labute approximate surface area is 207 Å². The highest BCUT2D eigenvalue weighted by molar-refractivity contribution is 5.78. The van der Waals surface area contributed by atoms with E-state index in [9.17, 15) is 19.8 Å². The molecule has 3 N–H and O–H groups in total. The van der Waals surface area contributed by atoms with Gasteiger partial charge in [-0.05, 0) is 30.2 Å². The van der Waals surface area contributed by atoms with Crippen LogP contribution in [-0.4, -0.2) is 32.8 Å². The van der Waals surface area contributed by atoms with Gasteiger partial charge in [0.1, 0.15) is 17.6 Å². The second-order valence-corrected chi connectivity index (χ2v) is 8.43. The lowest BCUT2D eigenvalue weighted by Crippen LogP contribution is -2.32. The van der Waals surface area contributed by atoms with Crippen molar-refractivity contribution in [3.63, 3.8) is 0 Å². The summed E-state index contributed by atoms with van der Waals surface area (Å²) in [5, 5.41) is 23.6. The topological polar surface area (TPSA) is 127 Å². The van der Waals surface area contributed by atoms with E-state index in [2.05, 4.69) is 10.3 Å². The van der Waals surface area contributed by atoms with Gasteiger partial charge in [-0.2, -0.15) is 0 Å². The first-order valence-electron chi connectivity index (χ1n) is 11.3. The molecule has 0 aliphatic carbocycles. The third-order valence-electron chi connectivity index (χ3n) is 5.94. The van der Waals surface area contributed by atoms with Gasteiger partial charge < -0.3 is 29.3 Å². The molecule has 0 aliphatic rings. The Hall–Kier alpha value is -4.53. The van der Waals surface area contributed by atoms with Crippen LogP contribution in [0.4, 0.5) is 0 Å². The maximum Gasteiger partial charge on any atom is 0.227 e. The van der Waals surface area contributed by atoms with E-state index in [4.69, 9.17) is 9.15 Å². The number of nitrogens with one attached hydrogen (secondary N) is 1. The fourth-order valence-corrected chi connectivity index (χ4v) is 4.14. The molecule has 0 radical (unpaired) electrons. The molecule has 0 unspecified atom stereocenters. The average molecular weight is 490 g/mol. The summed E-state index contributed by atoms with van der Waals surface area (Å²) in [6, 6.07) is 14.6.